The van der Waals surface area contributed by atoms with E-state index in [1.54, 1.807) is 36.7 Å². The second-order valence-corrected chi connectivity index (χ2v) is 8.49. The SMILES string of the molecule is Cc1cnc(NC2CCOCC2)nc1-c1c[nH]c(C(=O)N[C@H](CN=[N+]=[N-])c2cccc(Cl)c2)c1. The van der Waals surface area contributed by atoms with Gasteiger partial charge in [-0.15, -0.1) is 0 Å². The van der Waals surface area contributed by atoms with Crippen molar-refractivity contribution in [3.05, 3.63) is 75.0 Å². The Morgan fingerprint density at radius 2 is 2.21 bits per heavy atom. The van der Waals surface area contributed by atoms with Crippen LogP contribution in [-0.2, 0) is 4.74 Å². The molecule has 11 heteroatoms. The molecule has 176 valence electrons. The zero-order chi connectivity index (χ0) is 23.9. The Bertz CT molecular complexity index is 1200. The summed E-state index contributed by atoms with van der Waals surface area (Å²) in [6.45, 7) is 3.43. The Balaban J connectivity index is 1.51. The highest BCUT2D eigenvalue weighted by atomic mass is 35.5. The second-order valence-electron chi connectivity index (χ2n) is 8.05. The average molecular weight is 481 g/mol. The van der Waals surface area contributed by atoms with E-state index in [1.165, 1.54) is 0 Å². The van der Waals surface area contributed by atoms with Gasteiger partial charge in [-0.2, -0.15) is 0 Å². The molecule has 1 atom stereocenters. The van der Waals surface area contributed by atoms with Crippen LogP contribution < -0.4 is 10.6 Å². The molecule has 3 aromatic rings. The fourth-order valence-electron chi connectivity index (χ4n) is 3.80. The van der Waals surface area contributed by atoms with Gasteiger partial charge in [-0.25, -0.2) is 9.97 Å². The van der Waals surface area contributed by atoms with E-state index in [0.717, 1.165) is 48.4 Å². The maximum Gasteiger partial charge on any atom is 0.268 e. The number of benzene rings is 1. The highest BCUT2D eigenvalue weighted by Gasteiger charge is 2.19. The van der Waals surface area contributed by atoms with Crippen LogP contribution in [0.5, 0.6) is 0 Å². The molecule has 4 rings (SSSR count). The lowest BCUT2D eigenvalue weighted by molar-refractivity contribution is 0.0903. The normalized spacial score (nSPS) is 14.8. The molecule has 0 saturated carbocycles. The maximum absolute atomic E-state index is 13.0. The van der Waals surface area contributed by atoms with Crippen molar-refractivity contribution in [1.82, 2.24) is 20.3 Å². The molecule has 1 aliphatic heterocycles. The Morgan fingerprint density at radius 1 is 1.38 bits per heavy atom. The minimum Gasteiger partial charge on any atom is -0.381 e. The number of anilines is 1. The van der Waals surface area contributed by atoms with E-state index in [0.29, 0.717) is 16.7 Å². The number of aryl methyl sites for hydroxylation is 1. The smallest absolute Gasteiger partial charge is 0.268 e. The fraction of sp³-hybridized carbons (Fsp3) is 0.348. The van der Waals surface area contributed by atoms with E-state index < -0.39 is 6.04 Å². The number of nitrogens with one attached hydrogen (secondary N) is 3. The minimum atomic E-state index is -0.523. The van der Waals surface area contributed by atoms with Crippen LogP contribution in [0.1, 0.15) is 40.5 Å². The average Bonchev–Trinajstić information content (AvgIpc) is 3.34. The van der Waals surface area contributed by atoms with Crippen LogP contribution >= 0.6 is 11.6 Å². The molecule has 34 heavy (non-hydrogen) atoms. The number of aromatic nitrogens is 3. The van der Waals surface area contributed by atoms with Crippen molar-refractivity contribution in [1.29, 1.82) is 0 Å². The number of H-pyrrole nitrogens is 1. The van der Waals surface area contributed by atoms with Gasteiger partial charge in [0.1, 0.15) is 5.69 Å². The first-order chi connectivity index (χ1) is 16.5. The Labute approximate surface area is 201 Å². The van der Waals surface area contributed by atoms with Crippen LogP contribution in [-0.4, -0.2) is 46.7 Å². The van der Waals surface area contributed by atoms with Crippen LogP contribution in [0, 0.1) is 6.92 Å². The predicted molar refractivity (Wildman–Crippen MR) is 130 cm³/mol. The summed E-state index contributed by atoms with van der Waals surface area (Å²) < 4.78 is 5.40. The van der Waals surface area contributed by atoms with Gasteiger partial charge in [0.15, 0.2) is 0 Å². The topological polar surface area (TPSA) is 141 Å². The largest absolute Gasteiger partial charge is 0.381 e. The van der Waals surface area contributed by atoms with Crippen LogP contribution in [0.2, 0.25) is 5.02 Å². The third kappa shape index (κ3) is 5.85. The number of carbonyl (C=O) groups is 1. The number of halogens is 1. The molecule has 1 amide bonds. The molecule has 2 aromatic heterocycles. The van der Waals surface area contributed by atoms with Crippen molar-refractivity contribution < 1.29 is 9.53 Å². The van der Waals surface area contributed by atoms with Crippen molar-refractivity contribution in [3.63, 3.8) is 0 Å². The molecule has 10 nitrogen and oxygen atoms in total. The molecule has 3 heterocycles. The summed E-state index contributed by atoms with van der Waals surface area (Å²) in [5.74, 6) is 0.215. The van der Waals surface area contributed by atoms with E-state index in [4.69, 9.17) is 21.9 Å². The van der Waals surface area contributed by atoms with Gasteiger partial charge in [0.05, 0.1) is 18.3 Å². The zero-order valence-corrected chi connectivity index (χ0v) is 19.4. The molecule has 1 aromatic carbocycles. The van der Waals surface area contributed by atoms with Gasteiger partial charge < -0.3 is 20.4 Å². The molecule has 0 bridgehead atoms. The van der Waals surface area contributed by atoms with Gasteiger partial charge in [-0.3, -0.25) is 4.79 Å². The van der Waals surface area contributed by atoms with E-state index in [1.807, 2.05) is 13.0 Å². The number of carbonyl (C=O) groups excluding carboxylic acids is 1. The van der Waals surface area contributed by atoms with Gasteiger partial charge in [-0.05, 0) is 54.6 Å². The molecule has 3 N–H and O–H groups in total. The summed E-state index contributed by atoms with van der Waals surface area (Å²) in [5.41, 5.74) is 12.2. The predicted octanol–water partition coefficient (Wildman–Crippen LogP) is 4.81. The van der Waals surface area contributed by atoms with Crippen molar-refractivity contribution in [3.8, 4) is 11.3 Å². The number of aromatic amines is 1. The molecular formula is C23H25ClN8O2. The first kappa shape index (κ1) is 23.6. The fourth-order valence-corrected chi connectivity index (χ4v) is 4.00. The molecule has 1 saturated heterocycles. The molecule has 0 aliphatic carbocycles. The Hall–Kier alpha value is -3.59. The summed E-state index contributed by atoms with van der Waals surface area (Å²) in [7, 11) is 0. The Kier molecular flexibility index (Phi) is 7.64. The third-order valence-corrected chi connectivity index (χ3v) is 5.85. The summed E-state index contributed by atoms with van der Waals surface area (Å²) >= 11 is 6.09. The van der Waals surface area contributed by atoms with Crippen LogP contribution in [0.15, 0.2) is 47.8 Å². The number of azide groups is 1. The lowest BCUT2D eigenvalue weighted by atomic mass is 10.1. The van der Waals surface area contributed by atoms with E-state index in [-0.39, 0.29) is 18.5 Å². The number of amides is 1. The molecule has 1 aliphatic rings. The minimum absolute atomic E-state index is 0.0579. The number of rotatable bonds is 8. The van der Waals surface area contributed by atoms with Gasteiger partial charge in [0, 0.05) is 47.1 Å². The van der Waals surface area contributed by atoms with Crippen LogP contribution in [0.3, 0.4) is 0 Å². The highest BCUT2D eigenvalue weighted by Crippen LogP contribution is 2.24. The molecule has 0 unspecified atom stereocenters. The number of hydrogen-bond acceptors (Lipinski definition) is 6. The highest BCUT2D eigenvalue weighted by molar-refractivity contribution is 6.30. The molecule has 0 radical (unpaired) electrons. The summed E-state index contributed by atoms with van der Waals surface area (Å²) in [4.78, 5) is 27.9. The standard InChI is InChI=1S/C23H25ClN8O2/c1-14-11-27-23(29-18-5-7-34-8-6-18)31-21(14)16-10-19(26-12-16)22(33)30-20(13-28-32-25)15-3-2-4-17(24)9-15/h2-4,9-12,18,20,26H,5-8,13H2,1H3,(H,30,33)(H,27,29,31)/t20-/m1/s1. The van der Waals surface area contributed by atoms with Crippen molar-refractivity contribution in [2.75, 3.05) is 25.1 Å². The number of nitrogens with zero attached hydrogens (tertiary/aromatic N) is 5. The number of ether oxygens (including phenoxy) is 1. The second kappa shape index (κ2) is 11.0. The number of hydrogen-bond donors (Lipinski definition) is 3. The summed E-state index contributed by atoms with van der Waals surface area (Å²) in [5, 5.41) is 10.4. The lowest BCUT2D eigenvalue weighted by Crippen LogP contribution is -2.30. The van der Waals surface area contributed by atoms with E-state index in [2.05, 4.69) is 35.6 Å². The van der Waals surface area contributed by atoms with Gasteiger partial charge in [-0.1, -0.05) is 28.8 Å². The third-order valence-electron chi connectivity index (χ3n) is 5.61. The summed E-state index contributed by atoms with van der Waals surface area (Å²) in [6, 6.07) is 8.57. The van der Waals surface area contributed by atoms with E-state index >= 15 is 0 Å². The molecule has 0 spiro atoms. The molecule has 1 fully saturated rings. The van der Waals surface area contributed by atoms with Gasteiger partial charge in [0.2, 0.25) is 5.95 Å². The van der Waals surface area contributed by atoms with Crippen LogP contribution in [0.4, 0.5) is 5.95 Å². The lowest BCUT2D eigenvalue weighted by Gasteiger charge is -2.23. The summed E-state index contributed by atoms with van der Waals surface area (Å²) in [6.07, 6.45) is 5.32. The quantitative estimate of drug-likeness (QED) is 0.241. The van der Waals surface area contributed by atoms with Gasteiger partial charge in [0.25, 0.3) is 5.91 Å². The van der Waals surface area contributed by atoms with Gasteiger partial charge >= 0.3 is 0 Å². The Morgan fingerprint density at radius 3 is 2.97 bits per heavy atom. The van der Waals surface area contributed by atoms with Crippen molar-refractivity contribution >= 4 is 23.5 Å². The van der Waals surface area contributed by atoms with E-state index in [9.17, 15) is 4.79 Å². The van der Waals surface area contributed by atoms with Crippen molar-refractivity contribution in [2.45, 2.75) is 31.8 Å². The van der Waals surface area contributed by atoms with Crippen LogP contribution in [0.25, 0.3) is 21.7 Å². The monoisotopic (exact) mass is 480 g/mol. The maximum atomic E-state index is 13.0. The first-order valence-electron chi connectivity index (χ1n) is 11.0. The zero-order valence-electron chi connectivity index (χ0n) is 18.7. The van der Waals surface area contributed by atoms with Crippen molar-refractivity contribution in [2.24, 2.45) is 5.11 Å². The molecular weight excluding hydrogens is 456 g/mol. The first-order valence-corrected chi connectivity index (χ1v) is 11.3.